The van der Waals surface area contributed by atoms with Crippen LogP contribution >= 0.6 is 11.8 Å². The predicted molar refractivity (Wildman–Crippen MR) is 95.6 cm³/mol. The highest BCUT2D eigenvalue weighted by Crippen LogP contribution is 2.29. The van der Waals surface area contributed by atoms with Crippen LogP contribution in [0.1, 0.15) is 25.7 Å². The maximum Gasteiger partial charge on any atom is 0.573 e. The van der Waals surface area contributed by atoms with E-state index < -0.39 is 17.5 Å². The number of rotatable bonds is 4. The van der Waals surface area contributed by atoms with Crippen molar-refractivity contribution in [2.24, 2.45) is 4.99 Å². The van der Waals surface area contributed by atoms with Gasteiger partial charge in [-0.25, -0.2) is 0 Å². The highest BCUT2D eigenvalue weighted by atomic mass is 32.2. The van der Waals surface area contributed by atoms with Crippen molar-refractivity contribution in [3.63, 3.8) is 0 Å². The highest BCUT2D eigenvalue weighted by molar-refractivity contribution is 8.15. The summed E-state index contributed by atoms with van der Waals surface area (Å²) >= 11 is 1.29. The van der Waals surface area contributed by atoms with Crippen LogP contribution in [-0.2, 0) is 9.59 Å². The lowest BCUT2D eigenvalue weighted by atomic mass is 10.1. The zero-order valence-corrected chi connectivity index (χ0v) is 15.1. The van der Waals surface area contributed by atoms with E-state index in [0.717, 1.165) is 38.1 Å². The zero-order chi connectivity index (χ0) is 19.4. The molecule has 2 heterocycles. The number of hydrogen-bond acceptors (Lipinski definition) is 5. The van der Waals surface area contributed by atoms with Crippen LogP contribution in [0.25, 0.3) is 0 Å². The fourth-order valence-corrected chi connectivity index (χ4v) is 3.97. The number of halogens is 3. The van der Waals surface area contributed by atoms with Gasteiger partial charge in [-0.3, -0.25) is 9.59 Å². The third-order valence-electron chi connectivity index (χ3n) is 4.10. The second-order valence-corrected chi connectivity index (χ2v) is 7.38. The number of alkyl halides is 3. The first kappa shape index (κ1) is 19.5. The van der Waals surface area contributed by atoms with E-state index in [1.807, 2.05) is 0 Å². The Labute approximate surface area is 158 Å². The number of ether oxygens (including phenoxy) is 1. The molecular weight excluding hydrogens is 383 g/mol. The van der Waals surface area contributed by atoms with Crippen LogP contribution < -0.4 is 10.1 Å². The molecule has 2 amide bonds. The predicted octanol–water partition coefficient (Wildman–Crippen LogP) is 3.40. The minimum Gasteiger partial charge on any atom is -0.406 e. The molecular formula is C17H18F3N3O3S. The van der Waals surface area contributed by atoms with E-state index in [9.17, 15) is 22.8 Å². The Bertz CT molecular complexity index is 731. The Kier molecular flexibility index (Phi) is 5.93. The van der Waals surface area contributed by atoms with E-state index in [1.54, 1.807) is 0 Å². The van der Waals surface area contributed by atoms with E-state index >= 15 is 0 Å². The van der Waals surface area contributed by atoms with Crippen molar-refractivity contribution in [3.8, 4) is 5.75 Å². The molecule has 1 aromatic carbocycles. The Morgan fingerprint density at radius 1 is 1.22 bits per heavy atom. The molecule has 10 heteroatoms. The summed E-state index contributed by atoms with van der Waals surface area (Å²) in [4.78, 5) is 30.3. The first-order chi connectivity index (χ1) is 12.8. The first-order valence-electron chi connectivity index (χ1n) is 8.50. The number of likely N-dealkylation sites (tertiary alicyclic amines) is 1. The summed E-state index contributed by atoms with van der Waals surface area (Å²) in [7, 11) is 0. The molecule has 146 valence electrons. The van der Waals surface area contributed by atoms with Crippen molar-refractivity contribution in [2.45, 2.75) is 37.3 Å². The van der Waals surface area contributed by atoms with Gasteiger partial charge in [0, 0.05) is 25.2 Å². The molecule has 2 aliphatic heterocycles. The van der Waals surface area contributed by atoms with Gasteiger partial charge < -0.3 is 15.0 Å². The largest absolute Gasteiger partial charge is 0.573 e. The number of nitrogens with one attached hydrogen (secondary N) is 1. The number of amidine groups is 1. The molecule has 1 aromatic rings. The number of carbonyl (C=O) groups is 2. The molecule has 1 N–H and O–H groups in total. The molecule has 27 heavy (non-hydrogen) atoms. The summed E-state index contributed by atoms with van der Waals surface area (Å²) in [5.74, 6) is -1.10. The molecule has 0 saturated carbocycles. The molecule has 2 aliphatic rings. The number of thioether (sulfide) groups is 1. The molecule has 0 radical (unpaired) electrons. The van der Waals surface area contributed by atoms with Crippen molar-refractivity contribution < 1.29 is 27.5 Å². The van der Waals surface area contributed by atoms with E-state index in [2.05, 4.69) is 19.9 Å². The molecule has 0 bridgehead atoms. The topological polar surface area (TPSA) is 71.0 Å². The minimum absolute atomic E-state index is 0.0505. The fraction of sp³-hybridized carbons (Fsp3) is 0.471. The summed E-state index contributed by atoms with van der Waals surface area (Å²) in [6, 6.07) is 4.82. The molecule has 6 nitrogen and oxygen atoms in total. The van der Waals surface area contributed by atoms with E-state index in [1.165, 1.54) is 30.3 Å². The van der Waals surface area contributed by atoms with Crippen molar-refractivity contribution in [3.05, 3.63) is 24.3 Å². The van der Waals surface area contributed by atoms with Crippen LogP contribution in [0.15, 0.2) is 29.3 Å². The van der Waals surface area contributed by atoms with Crippen molar-refractivity contribution in [1.82, 2.24) is 4.90 Å². The number of aliphatic imine (C=N–C) groups is 1. The normalized spacial score (nSPS) is 20.4. The third-order valence-corrected chi connectivity index (χ3v) is 5.31. The minimum atomic E-state index is -4.77. The molecule has 1 saturated heterocycles. The molecule has 3 rings (SSSR count). The third kappa shape index (κ3) is 5.62. The zero-order valence-electron chi connectivity index (χ0n) is 14.3. The monoisotopic (exact) mass is 401 g/mol. The number of amides is 2. The van der Waals surface area contributed by atoms with Crippen LogP contribution in [0.5, 0.6) is 5.75 Å². The summed E-state index contributed by atoms with van der Waals surface area (Å²) in [6.07, 6.45) is -1.52. The van der Waals surface area contributed by atoms with Gasteiger partial charge in [0.2, 0.25) is 5.91 Å². The average molecular weight is 401 g/mol. The smallest absolute Gasteiger partial charge is 0.406 e. The van der Waals surface area contributed by atoms with Gasteiger partial charge in [-0.1, -0.05) is 11.8 Å². The fourth-order valence-electron chi connectivity index (χ4n) is 2.85. The lowest BCUT2D eigenvalue weighted by Crippen LogP contribution is -2.33. The Balaban J connectivity index is 1.50. The molecule has 0 spiro atoms. The Morgan fingerprint density at radius 2 is 1.89 bits per heavy atom. The summed E-state index contributed by atoms with van der Waals surface area (Å²) < 4.78 is 40.2. The van der Waals surface area contributed by atoms with Crippen LogP contribution in [0.2, 0.25) is 0 Å². The second-order valence-electron chi connectivity index (χ2n) is 6.21. The van der Waals surface area contributed by atoms with Crippen molar-refractivity contribution in [1.29, 1.82) is 0 Å². The summed E-state index contributed by atoms with van der Waals surface area (Å²) in [6.45, 7) is 1.73. The molecule has 1 fully saturated rings. The maximum atomic E-state index is 12.2. The lowest BCUT2D eigenvalue weighted by Gasteiger charge is -2.27. The lowest BCUT2D eigenvalue weighted by molar-refractivity contribution is -0.274. The maximum absolute atomic E-state index is 12.2. The number of piperidine rings is 1. The highest BCUT2D eigenvalue weighted by Gasteiger charge is 2.33. The van der Waals surface area contributed by atoms with Gasteiger partial charge >= 0.3 is 6.36 Å². The van der Waals surface area contributed by atoms with Crippen LogP contribution in [0, 0.1) is 0 Å². The van der Waals surface area contributed by atoms with Gasteiger partial charge in [0.25, 0.3) is 5.91 Å². The number of hydrogen-bond donors (Lipinski definition) is 1. The van der Waals surface area contributed by atoms with Gasteiger partial charge in [-0.15, -0.1) is 13.2 Å². The molecule has 1 atom stereocenters. The molecule has 0 aromatic heterocycles. The Morgan fingerprint density at radius 3 is 2.52 bits per heavy atom. The number of anilines is 1. The van der Waals surface area contributed by atoms with Crippen molar-refractivity contribution >= 4 is 34.4 Å². The number of nitrogens with zero attached hydrogens (tertiary/aromatic N) is 2. The molecule has 0 unspecified atom stereocenters. The summed E-state index contributed by atoms with van der Waals surface area (Å²) in [5, 5.41) is 2.67. The van der Waals surface area contributed by atoms with Gasteiger partial charge in [0.05, 0.1) is 0 Å². The number of benzene rings is 1. The quantitative estimate of drug-likeness (QED) is 0.837. The van der Waals surface area contributed by atoms with E-state index in [-0.39, 0.29) is 18.1 Å². The average Bonchev–Trinajstić information content (AvgIpc) is 2.97. The van der Waals surface area contributed by atoms with E-state index in [4.69, 9.17) is 0 Å². The van der Waals surface area contributed by atoms with E-state index in [0.29, 0.717) is 10.9 Å². The standard InChI is InChI=1S/C17H18F3N3O3S/c18-17(19,20)26-12-6-4-11(5-7-12)21-14(24)10-13-15(25)22-16(27-13)23-8-2-1-3-9-23/h4-7,13H,1-3,8-10H2,(H,21,24)/t13-/m0/s1. The van der Waals surface area contributed by atoms with Crippen molar-refractivity contribution in [2.75, 3.05) is 18.4 Å². The van der Waals surface area contributed by atoms with Gasteiger partial charge in [-0.05, 0) is 43.5 Å². The van der Waals surface area contributed by atoms with Crippen LogP contribution in [0.3, 0.4) is 0 Å². The van der Waals surface area contributed by atoms with Gasteiger partial charge in [0.1, 0.15) is 11.0 Å². The first-order valence-corrected chi connectivity index (χ1v) is 9.38. The molecule has 0 aliphatic carbocycles. The van der Waals surface area contributed by atoms with Gasteiger partial charge in [0.15, 0.2) is 5.17 Å². The van der Waals surface area contributed by atoms with Crippen LogP contribution in [-0.4, -0.2) is 46.6 Å². The Hall–Kier alpha value is -2.23. The SMILES string of the molecule is O=C(C[C@@H]1SC(N2CCCCC2)=NC1=O)Nc1ccc(OC(F)(F)F)cc1. The second kappa shape index (κ2) is 8.20. The van der Waals surface area contributed by atoms with Crippen LogP contribution in [0.4, 0.5) is 18.9 Å². The van der Waals surface area contributed by atoms with Gasteiger partial charge in [-0.2, -0.15) is 4.99 Å². The summed E-state index contributed by atoms with van der Waals surface area (Å²) in [5.41, 5.74) is 0.321. The number of carbonyl (C=O) groups excluding carboxylic acids is 2.